The fraction of sp³-hybridized carbons (Fsp3) is 0.688. The van der Waals surface area contributed by atoms with Gasteiger partial charge in [-0.3, -0.25) is 4.98 Å². The Bertz CT molecular complexity index is 397. The number of hydrogen-bond donors (Lipinski definition) is 0. The van der Waals surface area contributed by atoms with Crippen LogP contribution in [0.2, 0.25) is 0 Å². The predicted octanol–water partition coefficient (Wildman–Crippen LogP) is 2.23. The van der Waals surface area contributed by atoms with Gasteiger partial charge in [0.05, 0.1) is 12.2 Å². The summed E-state index contributed by atoms with van der Waals surface area (Å²) in [5, 5.41) is 0. The van der Waals surface area contributed by atoms with Crippen LogP contribution in [0.5, 0.6) is 0 Å². The highest BCUT2D eigenvalue weighted by molar-refractivity contribution is 5.22. The summed E-state index contributed by atoms with van der Waals surface area (Å²) in [6, 6.07) is 4.29. The summed E-state index contributed by atoms with van der Waals surface area (Å²) in [6.07, 6.45) is 4.78. The smallest absolute Gasteiger partial charge is 0.0990 e. The summed E-state index contributed by atoms with van der Waals surface area (Å²) >= 11 is 0. The van der Waals surface area contributed by atoms with Crippen LogP contribution in [0.3, 0.4) is 0 Å². The van der Waals surface area contributed by atoms with E-state index in [0.717, 1.165) is 51.3 Å². The lowest BCUT2D eigenvalue weighted by atomic mass is 9.87. The van der Waals surface area contributed by atoms with Crippen molar-refractivity contribution in [2.45, 2.75) is 31.8 Å². The van der Waals surface area contributed by atoms with E-state index in [1.807, 2.05) is 6.20 Å². The van der Waals surface area contributed by atoms with E-state index in [-0.39, 0.29) is 5.60 Å². The summed E-state index contributed by atoms with van der Waals surface area (Å²) in [4.78, 5) is 6.67. The van der Waals surface area contributed by atoms with Gasteiger partial charge in [-0.2, -0.15) is 0 Å². The average molecular weight is 278 g/mol. The van der Waals surface area contributed by atoms with Gasteiger partial charge in [0, 0.05) is 50.1 Å². The van der Waals surface area contributed by atoms with Gasteiger partial charge in [0.25, 0.3) is 0 Å². The fourth-order valence-electron chi connectivity index (χ4n) is 2.54. The minimum atomic E-state index is -0.215. The van der Waals surface area contributed by atoms with Crippen LogP contribution in [-0.2, 0) is 21.5 Å². The van der Waals surface area contributed by atoms with Crippen molar-refractivity contribution in [3.05, 3.63) is 29.6 Å². The summed E-state index contributed by atoms with van der Waals surface area (Å²) < 4.78 is 11.8. The molecule has 0 saturated carbocycles. The van der Waals surface area contributed by atoms with Gasteiger partial charge in [-0.15, -0.1) is 0 Å². The molecule has 0 aromatic carbocycles. The zero-order chi connectivity index (χ0) is 14.4. The van der Waals surface area contributed by atoms with E-state index in [4.69, 9.17) is 9.47 Å². The molecule has 0 atom stereocenters. The van der Waals surface area contributed by atoms with Gasteiger partial charge < -0.3 is 14.4 Å². The SMILES string of the molecule is CCc1ccc(C2(OCCN(C)C)CCOCC2)cn1. The first-order chi connectivity index (χ1) is 9.66. The Morgan fingerprint density at radius 1 is 1.30 bits per heavy atom. The summed E-state index contributed by atoms with van der Waals surface area (Å²) in [5.41, 5.74) is 2.11. The van der Waals surface area contributed by atoms with E-state index in [2.05, 4.69) is 43.0 Å². The van der Waals surface area contributed by atoms with Crippen LogP contribution in [0.4, 0.5) is 0 Å². The first-order valence-electron chi connectivity index (χ1n) is 7.48. The second kappa shape index (κ2) is 7.16. The Morgan fingerprint density at radius 3 is 2.60 bits per heavy atom. The van der Waals surface area contributed by atoms with Crippen LogP contribution < -0.4 is 0 Å². The van der Waals surface area contributed by atoms with Crippen LogP contribution in [0, 0.1) is 0 Å². The van der Waals surface area contributed by atoms with Crippen LogP contribution in [-0.4, -0.2) is 50.3 Å². The van der Waals surface area contributed by atoms with Crippen molar-refractivity contribution in [2.24, 2.45) is 0 Å². The van der Waals surface area contributed by atoms with Gasteiger partial charge in [0.2, 0.25) is 0 Å². The molecule has 0 N–H and O–H groups in total. The Hall–Kier alpha value is -0.970. The molecule has 4 nitrogen and oxygen atoms in total. The lowest BCUT2D eigenvalue weighted by molar-refractivity contribution is -0.118. The van der Waals surface area contributed by atoms with Crippen LogP contribution in [0.25, 0.3) is 0 Å². The summed E-state index contributed by atoms with van der Waals surface area (Å²) in [6.45, 7) is 5.32. The van der Waals surface area contributed by atoms with Crippen molar-refractivity contribution in [2.75, 3.05) is 40.5 Å². The molecule has 1 aromatic heterocycles. The number of pyridine rings is 1. The normalized spacial score (nSPS) is 18.4. The van der Waals surface area contributed by atoms with Gasteiger partial charge in [0.1, 0.15) is 0 Å². The summed E-state index contributed by atoms with van der Waals surface area (Å²) in [5.74, 6) is 0. The first-order valence-corrected chi connectivity index (χ1v) is 7.48. The average Bonchev–Trinajstić information content (AvgIpc) is 2.48. The van der Waals surface area contributed by atoms with Crippen LogP contribution in [0.15, 0.2) is 18.3 Å². The molecule has 1 fully saturated rings. The molecule has 2 heterocycles. The van der Waals surface area contributed by atoms with E-state index in [1.165, 1.54) is 5.56 Å². The van der Waals surface area contributed by atoms with Crippen molar-refractivity contribution in [3.8, 4) is 0 Å². The number of rotatable bonds is 6. The molecule has 1 saturated heterocycles. The molecule has 1 aliphatic rings. The van der Waals surface area contributed by atoms with E-state index >= 15 is 0 Å². The highest BCUT2D eigenvalue weighted by Crippen LogP contribution is 2.35. The molecule has 112 valence electrons. The predicted molar refractivity (Wildman–Crippen MR) is 79.9 cm³/mol. The van der Waals surface area contributed by atoms with Crippen molar-refractivity contribution in [3.63, 3.8) is 0 Å². The lowest BCUT2D eigenvalue weighted by Crippen LogP contribution is -2.38. The number of ether oxygens (including phenoxy) is 2. The Morgan fingerprint density at radius 2 is 2.05 bits per heavy atom. The van der Waals surface area contributed by atoms with Crippen LogP contribution >= 0.6 is 0 Å². The minimum absolute atomic E-state index is 0.215. The number of aryl methyl sites for hydroxylation is 1. The second-order valence-corrected chi connectivity index (χ2v) is 5.65. The monoisotopic (exact) mass is 278 g/mol. The van der Waals surface area contributed by atoms with Crippen molar-refractivity contribution >= 4 is 0 Å². The third-order valence-corrected chi connectivity index (χ3v) is 3.93. The maximum atomic E-state index is 6.28. The first kappa shape index (κ1) is 15.4. The van der Waals surface area contributed by atoms with Crippen molar-refractivity contribution < 1.29 is 9.47 Å². The van der Waals surface area contributed by atoms with Gasteiger partial charge >= 0.3 is 0 Å². The molecule has 0 radical (unpaired) electrons. The van der Waals surface area contributed by atoms with E-state index in [0.29, 0.717) is 0 Å². The standard InChI is InChI=1S/C16H26N2O2/c1-4-15-6-5-14(13-17-15)16(7-10-19-11-8-16)20-12-9-18(2)3/h5-6,13H,4,7-12H2,1-3H3. The molecule has 0 bridgehead atoms. The molecule has 20 heavy (non-hydrogen) atoms. The second-order valence-electron chi connectivity index (χ2n) is 5.65. The Balaban J connectivity index is 2.12. The number of aromatic nitrogens is 1. The fourth-order valence-corrected chi connectivity index (χ4v) is 2.54. The maximum absolute atomic E-state index is 6.28. The van der Waals surface area contributed by atoms with Crippen molar-refractivity contribution in [1.29, 1.82) is 0 Å². The van der Waals surface area contributed by atoms with Crippen molar-refractivity contribution in [1.82, 2.24) is 9.88 Å². The molecule has 0 unspecified atom stereocenters. The van der Waals surface area contributed by atoms with Crippen LogP contribution in [0.1, 0.15) is 31.0 Å². The number of hydrogen-bond acceptors (Lipinski definition) is 4. The quantitative estimate of drug-likeness (QED) is 0.799. The Kier molecular flexibility index (Phi) is 5.52. The number of nitrogens with zero attached hydrogens (tertiary/aromatic N) is 2. The molecule has 4 heteroatoms. The largest absolute Gasteiger partial charge is 0.381 e. The lowest BCUT2D eigenvalue weighted by Gasteiger charge is -2.37. The minimum Gasteiger partial charge on any atom is -0.381 e. The molecule has 2 rings (SSSR count). The third kappa shape index (κ3) is 3.78. The molecular formula is C16H26N2O2. The number of likely N-dealkylation sites (N-methyl/N-ethyl adjacent to an activating group) is 1. The zero-order valence-electron chi connectivity index (χ0n) is 12.9. The van der Waals surface area contributed by atoms with E-state index in [1.54, 1.807) is 0 Å². The Labute approximate surface area is 122 Å². The molecule has 1 aliphatic heterocycles. The van der Waals surface area contributed by atoms with Gasteiger partial charge in [-0.1, -0.05) is 13.0 Å². The summed E-state index contributed by atoms with van der Waals surface area (Å²) in [7, 11) is 4.13. The highest BCUT2D eigenvalue weighted by atomic mass is 16.5. The molecular weight excluding hydrogens is 252 g/mol. The third-order valence-electron chi connectivity index (χ3n) is 3.93. The van der Waals surface area contributed by atoms with Gasteiger partial charge in [-0.25, -0.2) is 0 Å². The van der Waals surface area contributed by atoms with Gasteiger partial charge in [0.15, 0.2) is 0 Å². The molecule has 1 aromatic rings. The van der Waals surface area contributed by atoms with E-state index in [9.17, 15) is 0 Å². The van der Waals surface area contributed by atoms with E-state index < -0.39 is 0 Å². The zero-order valence-corrected chi connectivity index (χ0v) is 12.9. The molecule has 0 spiro atoms. The molecule has 0 amide bonds. The highest BCUT2D eigenvalue weighted by Gasteiger charge is 2.35. The van der Waals surface area contributed by atoms with Gasteiger partial charge in [-0.05, 0) is 26.6 Å². The molecule has 0 aliphatic carbocycles. The maximum Gasteiger partial charge on any atom is 0.0990 e. The topological polar surface area (TPSA) is 34.6 Å².